The summed E-state index contributed by atoms with van der Waals surface area (Å²) in [4.78, 5) is 6.97. The number of benzene rings is 1. The van der Waals surface area contributed by atoms with E-state index >= 15 is 0 Å². The minimum absolute atomic E-state index is 0.0883. The molecule has 0 bridgehead atoms. The lowest BCUT2D eigenvalue weighted by Crippen LogP contribution is -2.46. The Labute approximate surface area is 123 Å². The highest BCUT2D eigenvalue weighted by atomic mass is 16.7. The highest BCUT2D eigenvalue weighted by Gasteiger charge is 2.34. The van der Waals surface area contributed by atoms with E-state index in [4.69, 9.17) is 13.9 Å². The Bertz CT molecular complexity index is 573. The standard InChI is InChI=1S/C16H20N2O3/c1-2-7-14-12(5-1)17-15(21-14)11-18-8-4-3-6-13(18)16-19-9-10-20-16/h1-2,5,7,13,16H,3-4,6,8-11H2. The van der Waals surface area contributed by atoms with Crippen molar-refractivity contribution in [1.29, 1.82) is 0 Å². The first kappa shape index (κ1) is 13.2. The summed E-state index contributed by atoms with van der Waals surface area (Å²) in [6.45, 7) is 3.19. The third-order valence-corrected chi connectivity index (χ3v) is 4.30. The van der Waals surface area contributed by atoms with E-state index in [1.165, 1.54) is 12.8 Å². The van der Waals surface area contributed by atoms with Crippen LogP contribution in [0.4, 0.5) is 0 Å². The van der Waals surface area contributed by atoms with Crippen molar-refractivity contribution in [2.24, 2.45) is 0 Å². The largest absolute Gasteiger partial charge is 0.439 e. The highest BCUT2D eigenvalue weighted by molar-refractivity contribution is 5.72. The smallest absolute Gasteiger partial charge is 0.209 e. The molecular formula is C16H20N2O3. The Morgan fingerprint density at radius 1 is 1.14 bits per heavy atom. The molecule has 1 atom stereocenters. The average molecular weight is 288 g/mol. The van der Waals surface area contributed by atoms with Crippen LogP contribution >= 0.6 is 0 Å². The maximum Gasteiger partial charge on any atom is 0.209 e. The van der Waals surface area contributed by atoms with Crippen LogP contribution in [0.25, 0.3) is 11.1 Å². The van der Waals surface area contributed by atoms with Gasteiger partial charge in [-0.3, -0.25) is 4.90 Å². The Morgan fingerprint density at radius 3 is 2.86 bits per heavy atom. The van der Waals surface area contributed by atoms with Crippen LogP contribution in [0.3, 0.4) is 0 Å². The van der Waals surface area contributed by atoms with Crippen LogP contribution in [0.1, 0.15) is 25.2 Å². The zero-order valence-corrected chi connectivity index (χ0v) is 12.0. The van der Waals surface area contributed by atoms with E-state index in [9.17, 15) is 0 Å². The van der Waals surface area contributed by atoms with E-state index in [1.807, 2.05) is 24.3 Å². The second kappa shape index (κ2) is 5.75. The Hall–Kier alpha value is -1.43. The van der Waals surface area contributed by atoms with Crippen LogP contribution in [0, 0.1) is 0 Å². The molecule has 0 radical (unpaired) electrons. The van der Waals surface area contributed by atoms with Gasteiger partial charge in [-0.1, -0.05) is 18.6 Å². The van der Waals surface area contributed by atoms with Gasteiger partial charge in [-0.05, 0) is 31.5 Å². The molecule has 0 aliphatic carbocycles. The van der Waals surface area contributed by atoms with Crippen LogP contribution in [0.2, 0.25) is 0 Å². The molecule has 2 saturated heterocycles. The number of ether oxygens (including phenoxy) is 2. The van der Waals surface area contributed by atoms with E-state index in [2.05, 4.69) is 9.88 Å². The molecule has 21 heavy (non-hydrogen) atoms. The van der Waals surface area contributed by atoms with E-state index in [-0.39, 0.29) is 6.29 Å². The fourth-order valence-electron chi connectivity index (χ4n) is 3.28. The van der Waals surface area contributed by atoms with Gasteiger partial charge >= 0.3 is 0 Å². The molecule has 2 aromatic rings. The average Bonchev–Trinajstić information content (AvgIpc) is 3.16. The van der Waals surface area contributed by atoms with Crippen LogP contribution in [0.5, 0.6) is 0 Å². The van der Waals surface area contributed by atoms with E-state index in [1.54, 1.807) is 0 Å². The molecule has 0 spiro atoms. The molecule has 5 nitrogen and oxygen atoms in total. The molecule has 5 heteroatoms. The van der Waals surface area contributed by atoms with Crippen LogP contribution in [0.15, 0.2) is 28.7 Å². The van der Waals surface area contributed by atoms with Crippen LogP contribution < -0.4 is 0 Å². The summed E-state index contributed by atoms with van der Waals surface area (Å²) in [5, 5.41) is 0. The quantitative estimate of drug-likeness (QED) is 0.868. The summed E-state index contributed by atoms with van der Waals surface area (Å²) >= 11 is 0. The summed E-state index contributed by atoms with van der Waals surface area (Å²) in [5.74, 6) is 0.779. The number of piperidine rings is 1. The normalized spacial score (nSPS) is 24.9. The maximum atomic E-state index is 5.85. The van der Waals surface area contributed by atoms with Crippen molar-refractivity contribution in [3.8, 4) is 0 Å². The van der Waals surface area contributed by atoms with Crippen molar-refractivity contribution in [2.75, 3.05) is 19.8 Å². The van der Waals surface area contributed by atoms with Gasteiger partial charge in [0.05, 0.1) is 25.8 Å². The van der Waals surface area contributed by atoms with Crippen molar-refractivity contribution in [3.05, 3.63) is 30.2 Å². The number of aromatic nitrogens is 1. The molecule has 3 heterocycles. The number of para-hydroxylation sites is 2. The second-order valence-electron chi connectivity index (χ2n) is 5.72. The highest BCUT2D eigenvalue weighted by Crippen LogP contribution is 2.26. The zero-order chi connectivity index (χ0) is 14.1. The van der Waals surface area contributed by atoms with Gasteiger partial charge in [-0.15, -0.1) is 0 Å². The number of hydrogen-bond acceptors (Lipinski definition) is 5. The molecule has 1 unspecified atom stereocenters. The third kappa shape index (κ3) is 2.69. The molecule has 0 N–H and O–H groups in total. The second-order valence-corrected chi connectivity index (χ2v) is 5.72. The van der Waals surface area contributed by atoms with Gasteiger partial charge in [-0.25, -0.2) is 4.98 Å². The maximum absolute atomic E-state index is 5.85. The topological polar surface area (TPSA) is 47.7 Å². The van der Waals surface area contributed by atoms with Crippen molar-refractivity contribution < 1.29 is 13.9 Å². The predicted molar refractivity (Wildman–Crippen MR) is 77.8 cm³/mol. The Balaban J connectivity index is 1.53. The first-order valence-corrected chi connectivity index (χ1v) is 7.72. The number of likely N-dealkylation sites (tertiary alicyclic amines) is 1. The number of oxazole rings is 1. The van der Waals surface area contributed by atoms with Gasteiger partial charge in [0.1, 0.15) is 5.52 Å². The summed E-state index contributed by atoms with van der Waals surface area (Å²) in [6, 6.07) is 8.22. The first-order chi connectivity index (χ1) is 10.4. The number of nitrogens with zero attached hydrogens (tertiary/aromatic N) is 2. The van der Waals surface area contributed by atoms with Gasteiger partial charge in [0, 0.05) is 0 Å². The van der Waals surface area contributed by atoms with Crippen LogP contribution in [-0.4, -0.2) is 42.0 Å². The first-order valence-electron chi connectivity index (χ1n) is 7.72. The Kier molecular flexibility index (Phi) is 3.63. The molecular weight excluding hydrogens is 268 g/mol. The summed E-state index contributed by atoms with van der Waals surface area (Å²) in [6.07, 6.45) is 3.47. The van der Waals surface area contributed by atoms with Crippen LogP contribution in [-0.2, 0) is 16.0 Å². The number of hydrogen-bond donors (Lipinski definition) is 0. The predicted octanol–water partition coefficient (Wildman–Crippen LogP) is 2.56. The minimum Gasteiger partial charge on any atom is -0.439 e. The molecule has 4 rings (SSSR count). The van der Waals surface area contributed by atoms with E-state index in [0.29, 0.717) is 19.3 Å². The lowest BCUT2D eigenvalue weighted by Gasteiger charge is -2.37. The zero-order valence-electron chi connectivity index (χ0n) is 12.0. The third-order valence-electron chi connectivity index (χ3n) is 4.30. The minimum atomic E-state index is -0.0883. The molecule has 2 fully saturated rings. The fourth-order valence-corrected chi connectivity index (χ4v) is 3.28. The molecule has 112 valence electrons. The monoisotopic (exact) mass is 288 g/mol. The lowest BCUT2D eigenvalue weighted by atomic mass is 10.0. The molecule has 2 aliphatic rings. The van der Waals surface area contributed by atoms with Crippen molar-refractivity contribution in [3.63, 3.8) is 0 Å². The van der Waals surface area contributed by atoms with Gasteiger partial charge < -0.3 is 13.9 Å². The van der Waals surface area contributed by atoms with E-state index < -0.39 is 0 Å². The van der Waals surface area contributed by atoms with Gasteiger partial charge in [0.15, 0.2) is 11.9 Å². The molecule has 1 aromatic carbocycles. The van der Waals surface area contributed by atoms with Crippen molar-refractivity contribution in [2.45, 2.75) is 38.1 Å². The summed E-state index contributed by atoms with van der Waals surface area (Å²) in [7, 11) is 0. The number of rotatable bonds is 3. The molecule has 0 saturated carbocycles. The molecule has 1 aromatic heterocycles. The summed E-state index contributed by atoms with van der Waals surface area (Å²) in [5.41, 5.74) is 1.78. The molecule has 2 aliphatic heterocycles. The van der Waals surface area contributed by atoms with Crippen molar-refractivity contribution >= 4 is 11.1 Å². The summed E-state index contributed by atoms with van der Waals surface area (Å²) < 4.78 is 17.3. The van der Waals surface area contributed by atoms with Gasteiger partial charge in [0.25, 0.3) is 0 Å². The van der Waals surface area contributed by atoms with Gasteiger partial charge in [0.2, 0.25) is 5.89 Å². The number of fused-ring (bicyclic) bond motifs is 1. The van der Waals surface area contributed by atoms with E-state index in [0.717, 1.165) is 36.5 Å². The SMILES string of the molecule is c1ccc2oc(CN3CCCCC3C3OCCO3)nc2c1. The lowest BCUT2D eigenvalue weighted by molar-refractivity contribution is -0.112. The van der Waals surface area contributed by atoms with Gasteiger partial charge in [-0.2, -0.15) is 0 Å². The Morgan fingerprint density at radius 2 is 2.00 bits per heavy atom. The fraction of sp³-hybridized carbons (Fsp3) is 0.562. The van der Waals surface area contributed by atoms with Crippen molar-refractivity contribution in [1.82, 2.24) is 9.88 Å². The molecule has 0 amide bonds.